The molecular weight excluding hydrogens is 254 g/mol. The molecule has 1 atom stereocenters. The highest BCUT2D eigenvalue weighted by Gasteiger charge is 2.19. The Kier molecular flexibility index (Phi) is 6.28. The average molecular weight is 279 g/mol. The number of rotatable bonds is 7. The Morgan fingerprint density at radius 2 is 2.15 bits per heavy atom. The second-order valence-electron chi connectivity index (χ2n) is 4.91. The quantitative estimate of drug-likeness (QED) is 0.777. The Bertz CT molecular complexity index is 449. The van der Waals surface area contributed by atoms with Crippen molar-refractivity contribution in [3.63, 3.8) is 0 Å². The molecule has 1 aromatic rings. The highest BCUT2D eigenvalue weighted by molar-refractivity contribution is 5.95. The van der Waals surface area contributed by atoms with Crippen molar-refractivity contribution >= 4 is 17.5 Å². The van der Waals surface area contributed by atoms with Crippen LogP contribution in [0.4, 0.5) is 11.5 Å². The lowest BCUT2D eigenvalue weighted by atomic mass is 10.1. The molecule has 1 unspecified atom stereocenters. The molecule has 20 heavy (non-hydrogen) atoms. The second kappa shape index (κ2) is 7.72. The van der Waals surface area contributed by atoms with Crippen LogP contribution in [0.2, 0.25) is 0 Å². The van der Waals surface area contributed by atoms with E-state index in [0.29, 0.717) is 29.6 Å². The molecule has 0 bridgehead atoms. The largest absolute Gasteiger partial charge is 0.462 e. The lowest BCUT2D eigenvalue weighted by Crippen LogP contribution is -2.30. The number of carbonyl (C=O) groups is 1. The number of carbonyl (C=O) groups excluding carboxylic acids is 1. The van der Waals surface area contributed by atoms with E-state index in [0.717, 1.165) is 19.5 Å². The highest BCUT2D eigenvalue weighted by Crippen LogP contribution is 2.22. The van der Waals surface area contributed by atoms with Gasteiger partial charge in [0.05, 0.1) is 18.5 Å². The van der Waals surface area contributed by atoms with Gasteiger partial charge in [0.1, 0.15) is 11.4 Å². The molecule has 0 amide bonds. The molecule has 0 saturated heterocycles. The molecule has 0 spiro atoms. The Hall–Kier alpha value is -1.78. The van der Waals surface area contributed by atoms with Crippen LogP contribution in [0.5, 0.6) is 0 Å². The number of ether oxygens (including phenoxy) is 1. The number of pyridine rings is 1. The van der Waals surface area contributed by atoms with E-state index in [1.807, 2.05) is 0 Å². The predicted molar refractivity (Wildman–Crippen MR) is 81.9 cm³/mol. The highest BCUT2D eigenvalue weighted by atomic mass is 16.5. The number of hydrogen-bond donors (Lipinski definition) is 1. The van der Waals surface area contributed by atoms with Crippen LogP contribution < -0.4 is 10.6 Å². The zero-order valence-corrected chi connectivity index (χ0v) is 12.8. The van der Waals surface area contributed by atoms with Crippen molar-refractivity contribution in [3.8, 4) is 0 Å². The Morgan fingerprint density at radius 1 is 1.45 bits per heavy atom. The van der Waals surface area contributed by atoms with Crippen molar-refractivity contribution < 1.29 is 9.53 Å². The zero-order chi connectivity index (χ0) is 15.1. The van der Waals surface area contributed by atoms with Gasteiger partial charge in [-0.15, -0.1) is 0 Å². The lowest BCUT2D eigenvalue weighted by molar-refractivity contribution is 0.0526. The van der Waals surface area contributed by atoms with E-state index in [9.17, 15) is 4.79 Å². The van der Waals surface area contributed by atoms with E-state index in [4.69, 9.17) is 10.5 Å². The van der Waals surface area contributed by atoms with Gasteiger partial charge in [0.25, 0.3) is 0 Å². The van der Waals surface area contributed by atoms with Crippen LogP contribution in [0.1, 0.15) is 44.5 Å². The molecule has 0 saturated carbocycles. The first-order valence-corrected chi connectivity index (χ1v) is 7.20. The van der Waals surface area contributed by atoms with Crippen LogP contribution >= 0.6 is 0 Å². The second-order valence-corrected chi connectivity index (χ2v) is 4.91. The van der Waals surface area contributed by atoms with Gasteiger partial charge in [0.2, 0.25) is 0 Å². The van der Waals surface area contributed by atoms with E-state index >= 15 is 0 Å². The van der Waals surface area contributed by atoms with Gasteiger partial charge >= 0.3 is 5.97 Å². The van der Waals surface area contributed by atoms with Gasteiger partial charge < -0.3 is 15.4 Å². The number of nitrogens with zero attached hydrogens (tertiary/aromatic N) is 2. The molecule has 2 N–H and O–H groups in total. The number of nitrogens with two attached hydrogens (primary N) is 1. The van der Waals surface area contributed by atoms with Crippen molar-refractivity contribution in [2.45, 2.75) is 34.1 Å². The minimum atomic E-state index is -0.370. The minimum Gasteiger partial charge on any atom is -0.462 e. The van der Waals surface area contributed by atoms with Gasteiger partial charge in [-0.05, 0) is 25.8 Å². The van der Waals surface area contributed by atoms with E-state index in [2.05, 4.69) is 30.7 Å². The number of esters is 1. The molecule has 0 aliphatic carbocycles. The first-order chi connectivity index (χ1) is 9.53. The molecule has 1 aromatic heterocycles. The summed E-state index contributed by atoms with van der Waals surface area (Å²) in [4.78, 5) is 18.5. The number of nitrogen functional groups attached to an aromatic ring is 1. The first-order valence-electron chi connectivity index (χ1n) is 7.20. The third kappa shape index (κ3) is 4.11. The lowest BCUT2D eigenvalue weighted by Gasteiger charge is -2.26. The smallest absolute Gasteiger partial charge is 0.341 e. The summed E-state index contributed by atoms with van der Waals surface area (Å²) in [5.41, 5.74) is 6.65. The van der Waals surface area contributed by atoms with Crippen molar-refractivity contribution in [3.05, 3.63) is 17.8 Å². The fourth-order valence-corrected chi connectivity index (χ4v) is 1.96. The molecule has 0 aromatic carbocycles. The Balaban J connectivity index is 3.10. The predicted octanol–water partition coefficient (Wildman–Crippen LogP) is 2.71. The fraction of sp³-hybridized carbons (Fsp3) is 0.600. The van der Waals surface area contributed by atoms with Crippen LogP contribution in [0.3, 0.4) is 0 Å². The molecule has 5 heteroatoms. The zero-order valence-electron chi connectivity index (χ0n) is 12.8. The molecule has 0 aliphatic rings. The summed E-state index contributed by atoms with van der Waals surface area (Å²) in [6.45, 7) is 10.2. The summed E-state index contributed by atoms with van der Waals surface area (Å²) in [6.07, 6.45) is 2.66. The normalized spacial score (nSPS) is 12.0. The first kappa shape index (κ1) is 16.3. The van der Waals surface area contributed by atoms with Crippen LogP contribution in [0, 0.1) is 5.92 Å². The molecule has 5 nitrogen and oxygen atoms in total. The van der Waals surface area contributed by atoms with Gasteiger partial charge in [0.15, 0.2) is 0 Å². The summed E-state index contributed by atoms with van der Waals surface area (Å²) in [5, 5.41) is 0. The van der Waals surface area contributed by atoms with Crippen LogP contribution in [-0.2, 0) is 4.74 Å². The average Bonchev–Trinajstić information content (AvgIpc) is 2.45. The molecule has 1 rings (SSSR count). The minimum absolute atomic E-state index is 0.338. The maximum absolute atomic E-state index is 12.0. The standard InChI is InChI=1S/C15H25N3O2/c1-5-11(4)10-18(6-2)14-13(15(19)20-7-3)8-12(16)9-17-14/h8-9,11H,5-7,10,16H2,1-4H3. The number of anilines is 2. The maximum Gasteiger partial charge on any atom is 0.341 e. The summed E-state index contributed by atoms with van der Waals surface area (Å²) in [6, 6.07) is 1.64. The SMILES string of the molecule is CCOC(=O)c1cc(N)cnc1N(CC)CC(C)CC. The van der Waals surface area contributed by atoms with Gasteiger partial charge in [-0.25, -0.2) is 9.78 Å². The van der Waals surface area contributed by atoms with Crippen molar-refractivity contribution in [1.82, 2.24) is 4.98 Å². The van der Waals surface area contributed by atoms with Gasteiger partial charge in [-0.1, -0.05) is 20.3 Å². The van der Waals surface area contributed by atoms with Crippen LogP contribution in [-0.4, -0.2) is 30.6 Å². The van der Waals surface area contributed by atoms with Crippen molar-refractivity contribution in [2.24, 2.45) is 5.92 Å². The molecule has 0 fully saturated rings. The molecular formula is C15H25N3O2. The third-order valence-electron chi connectivity index (χ3n) is 3.29. The summed E-state index contributed by atoms with van der Waals surface area (Å²) >= 11 is 0. The van der Waals surface area contributed by atoms with E-state index in [1.165, 1.54) is 0 Å². The Morgan fingerprint density at radius 3 is 2.70 bits per heavy atom. The van der Waals surface area contributed by atoms with Crippen molar-refractivity contribution in [1.29, 1.82) is 0 Å². The van der Waals surface area contributed by atoms with Gasteiger partial charge in [-0.2, -0.15) is 0 Å². The molecule has 112 valence electrons. The van der Waals surface area contributed by atoms with Crippen molar-refractivity contribution in [2.75, 3.05) is 30.3 Å². The number of aromatic nitrogens is 1. The van der Waals surface area contributed by atoms with Gasteiger partial charge in [-0.3, -0.25) is 0 Å². The maximum atomic E-state index is 12.0. The molecule has 1 heterocycles. The van der Waals surface area contributed by atoms with Crippen LogP contribution in [0.15, 0.2) is 12.3 Å². The molecule has 0 radical (unpaired) electrons. The number of hydrogen-bond acceptors (Lipinski definition) is 5. The van der Waals surface area contributed by atoms with Crippen LogP contribution in [0.25, 0.3) is 0 Å². The van der Waals surface area contributed by atoms with E-state index in [-0.39, 0.29) is 5.97 Å². The summed E-state index contributed by atoms with van der Waals surface area (Å²) in [7, 11) is 0. The fourth-order valence-electron chi connectivity index (χ4n) is 1.96. The summed E-state index contributed by atoms with van der Waals surface area (Å²) in [5.74, 6) is 0.815. The summed E-state index contributed by atoms with van der Waals surface area (Å²) < 4.78 is 5.09. The van der Waals surface area contributed by atoms with E-state index in [1.54, 1.807) is 19.2 Å². The van der Waals surface area contributed by atoms with E-state index < -0.39 is 0 Å². The topological polar surface area (TPSA) is 68.5 Å². The molecule has 0 aliphatic heterocycles. The van der Waals surface area contributed by atoms with Gasteiger partial charge in [0, 0.05) is 13.1 Å². The monoisotopic (exact) mass is 279 g/mol. The third-order valence-corrected chi connectivity index (χ3v) is 3.29. The Labute approximate surface area is 121 Å².